The van der Waals surface area contributed by atoms with Crippen molar-refractivity contribution in [1.82, 2.24) is 4.90 Å². The van der Waals surface area contributed by atoms with Crippen molar-refractivity contribution in [2.75, 3.05) is 26.7 Å². The monoisotopic (exact) mass is 158 g/mol. The first-order valence-electron chi connectivity index (χ1n) is 3.91. The molecule has 0 aromatic carbocycles. The van der Waals surface area contributed by atoms with Crippen molar-refractivity contribution in [1.29, 1.82) is 5.41 Å². The summed E-state index contributed by atoms with van der Waals surface area (Å²) in [5.41, 5.74) is 10.6. The molecule has 0 atom stereocenters. The first-order chi connectivity index (χ1) is 5.22. The van der Waals surface area contributed by atoms with Gasteiger partial charge in [0, 0.05) is 20.0 Å². The van der Waals surface area contributed by atoms with Crippen LogP contribution in [0.3, 0.4) is 0 Å². The van der Waals surface area contributed by atoms with Crippen LogP contribution < -0.4 is 11.5 Å². The Hall–Kier alpha value is -0.610. The molecule has 4 nitrogen and oxygen atoms in total. The average Bonchev–Trinajstić information content (AvgIpc) is 2.00. The summed E-state index contributed by atoms with van der Waals surface area (Å²) in [6.07, 6.45) is 1.59. The SMILES string of the molecule is CN(CCCN)C(=N)CCN. The molecule has 5 N–H and O–H groups in total. The highest BCUT2D eigenvalue weighted by atomic mass is 15.1. The van der Waals surface area contributed by atoms with Gasteiger partial charge in [0.2, 0.25) is 0 Å². The van der Waals surface area contributed by atoms with Gasteiger partial charge in [0.05, 0.1) is 5.84 Å². The molecule has 0 aliphatic rings. The molecule has 0 rings (SSSR count). The molecule has 0 amide bonds. The lowest BCUT2D eigenvalue weighted by Gasteiger charge is -2.18. The molecular formula is C7H18N4. The molecule has 4 heteroatoms. The maximum Gasteiger partial charge on any atom is 0.0967 e. The van der Waals surface area contributed by atoms with Crippen LogP contribution in [0.4, 0.5) is 0 Å². The van der Waals surface area contributed by atoms with Gasteiger partial charge in [-0.1, -0.05) is 0 Å². The number of hydrogen-bond acceptors (Lipinski definition) is 3. The van der Waals surface area contributed by atoms with Crippen LogP contribution in [-0.2, 0) is 0 Å². The van der Waals surface area contributed by atoms with Crippen LogP contribution in [-0.4, -0.2) is 37.4 Å². The quantitative estimate of drug-likeness (QED) is 0.376. The second-order valence-corrected chi connectivity index (χ2v) is 2.55. The second kappa shape index (κ2) is 6.12. The molecule has 11 heavy (non-hydrogen) atoms. The minimum atomic E-state index is 0.547. The van der Waals surface area contributed by atoms with Gasteiger partial charge >= 0.3 is 0 Å². The molecule has 0 saturated carbocycles. The van der Waals surface area contributed by atoms with E-state index in [1.807, 2.05) is 11.9 Å². The zero-order valence-electron chi connectivity index (χ0n) is 7.14. The maximum atomic E-state index is 7.48. The number of nitrogens with zero attached hydrogens (tertiary/aromatic N) is 1. The summed E-state index contributed by atoms with van der Waals surface area (Å²) in [5, 5.41) is 7.48. The Kier molecular flexibility index (Phi) is 5.78. The molecule has 0 aromatic rings. The number of nitrogens with one attached hydrogen (secondary N) is 1. The van der Waals surface area contributed by atoms with Crippen LogP contribution in [0.1, 0.15) is 12.8 Å². The molecule has 0 unspecified atom stereocenters. The van der Waals surface area contributed by atoms with E-state index >= 15 is 0 Å². The van der Waals surface area contributed by atoms with Crippen molar-refractivity contribution >= 4 is 5.84 Å². The molecule has 0 radical (unpaired) electrons. The van der Waals surface area contributed by atoms with E-state index in [2.05, 4.69) is 0 Å². The normalized spacial score (nSPS) is 9.73. The third-order valence-corrected chi connectivity index (χ3v) is 1.54. The van der Waals surface area contributed by atoms with Crippen LogP contribution in [0, 0.1) is 5.41 Å². The van der Waals surface area contributed by atoms with E-state index in [1.165, 1.54) is 0 Å². The van der Waals surface area contributed by atoms with Gasteiger partial charge in [0.25, 0.3) is 0 Å². The fourth-order valence-electron chi connectivity index (χ4n) is 0.791. The van der Waals surface area contributed by atoms with Crippen molar-refractivity contribution < 1.29 is 0 Å². The standard InChI is InChI=1S/C7H18N4/c1-11(6-2-4-8)7(10)3-5-9/h10H,2-6,8-9H2,1H3. The van der Waals surface area contributed by atoms with E-state index in [9.17, 15) is 0 Å². The first kappa shape index (κ1) is 10.4. The summed E-state index contributed by atoms with van der Waals surface area (Å²) in [5.74, 6) is 0.598. The molecule has 0 bridgehead atoms. The second-order valence-electron chi connectivity index (χ2n) is 2.55. The van der Waals surface area contributed by atoms with Gasteiger partial charge in [-0.2, -0.15) is 0 Å². The Morgan fingerprint density at radius 1 is 1.36 bits per heavy atom. The van der Waals surface area contributed by atoms with Crippen LogP contribution >= 0.6 is 0 Å². The fourth-order valence-corrected chi connectivity index (χ4v) is 0.791. The van der Waals surface area contributed by atoms with Crippen molar-refractivity contribution in [3.8, 4) is 0 Å². The van der Waals surface area contributed by atoms with E-state index in [4.69, 9.17) is 16.9 Å². The van der Waals surface area contributed by atoms with Crippen LogP contribution in [0.15, 0.2) is 0 Å². The zero-order chi connectivity index (χ0) is 8.69. The Bertz CT molecular complexity index is 113. The third-order valence-electron chi connectivity index (χ3n) is 1.54. The summed E-state index contributed by atoms with van der Waals surface area (Å²) in [7, 11) is 1.90. The van der Waals surface area contributed by atoms with E-state index < -0.39 is 0 Å². The van der Waals surface area contributed by atoms with Crippen molar-refractivity contribution in [2.24, 2.45) is 11.5 Å². The highest BCUT2D eigenvalue weighted by molar-refractivity contribution is 5.78. The minimum absolute atomic E-state index is 0.547. The van der Waals surface area contributed by atoms with Gasteiger partial charge in [-0.15, -0.1) is 0 Å². The molecule has 0 spiro atoms. The maximum absolute atomic E-state index is 7.48. The molecule has 0 heterocycles. The van der Waals surface area contributed by atoms with E-state index in [1.54, 1.807) is 0 Å². The molecule has 0 fully saturated rings. The smallest absolute Gasteiger partial charge is 0.0967 e. The Morgan fingerprint density at radius 2 is 2.00 bits per heavy atom. The van der Waals surface area contributed by atoms with Gasteiger partial charge in [-0.3, -0.25) is 5.41 Å². The number of rotatable bonds is 5. The Morgan fingerprint density at radius 3 is 2.45 bits per heavy atom. The minimum Gasteiger partial charge on any atom is -0.364 e. The van der Waals surface area contributed by atoms with Crippen molar-refractivity contribution in [3.05, 3.63) is 0 Å². The molecule has 0 aliphatic heterocycles. The predicted molar refractivity (Wildman–Crippen MR) is 47.7 cm³/mol. The lowest BCUT2D eigenvalue weighted by Crippen LogP contribution is -2.29. The van der Waals surface area contributed by atoms with Crippen LogP contribution in [0.2, 0.25) is 0 Å². The topological polar surface area (TPSA) is 79.1 Å². The number of amidine groups is 1. The highest BCUT2D eigenvalue weighted by Gasteiger charge is 2.00. The van der Waals surface area contributed by atoms with E-state index in [0.29, 0.717) is 25.3 Å². The average molecular weight is 158 g/mol. The Labute approximate surface area is 68.1 Å². The van der Waals surface area contributed by atoms with Crippen molar-refractivity contribution in [2.45, 2.75) is 12.8 Å². The van der Waals surface area contributed by atoms with Gasteiger partial charge < -0.3 is 16.4 Å². The molecule has 0 aromatic heterocycles. The summed E-state index contributed by atoms with van der Waals surface area (Å²) in [6, 6.07) is 0. The molecule has 66 valence electrons. The molecule has 0 aliphatic carbocycles. The van der Waals surface area contributed by atoms with Crippen molar-refractivity contribution in [3.63, 3.8) is 0 Å². The Balaban J connectivity index is 3.46. The van der Waals surface area contributed by atoms with E-state index in [0.717, 1.165) is 13.0 Å². The lowest BCUT2D eigenvalue weighted by atomic mass is 10.3. The summed E-state index contributed by atoms with van der Waals surface area (Å²) >= 11 is 0. The largest absolute Gasteiger partial charge is 0.364 e. The van der Waals surface area contributed by atoms with Crippen LogP contribution in [0.25, 0.3) is 0 Å². The van der Waals surface area contributed by atoms with Gasteiger partial charge in [-0.25, -0.2) is 0 Å². The number of hydrogen-bond donors (Lipinski definition) is 3. The van der Waals surface area contributed by atoms with Gasteiger partial charge in [-0.05, 0) is 19.5 Å². The zero-order valence-corrected chi connectivity index (χ0v) is 7.14. The first-order valence-corrected chi connectivity index (χ1v) is 3.91. The predicted octanol–water partition coefficient (Wildman–Crippen LogP) is -0.407. The number of nitrogens with two attached hydrogens (primary N) is 2. The van der Waals surface area contributed by atoms with E-state index in [-0.39, 0.29) is 0 Å². The van der Waals surface area contributed by atoms with Gasteiger partial charge in [0.15, 0.2) is 0 Å². The summed E-state index contributed by atoms with van der Waals surface area (Å²) < 4.78 is 0. The lowest BCUT2D eigenvalue weighted by molar-refractivity contribution is 0.478. The summed E-state index contributed by atoms with van der Waals surface area (Å²) in [4.78, 5) is 1.89. The summed E-state index contributed by atoms with van der Waals surface area (Å²) in [6.45, 7) is 2.08. The molecular weight excluding hydrogens is 140 g/mol. The molecule has 0 saturated heterocycles. The fraction of sp³-hybridized carbons (Fsp3) is 0.857. The third kappa shape index (κ3) is 4.75. The van der Waals surface area contributed by atoms with Gasteiger partial charge in [0.1, 0.15) is 0 Å². The van der Waals surface area contributed by atoms with Crippen LogP contribution in [0.5, 0.6) is 0 Å². The highest BCUT2D eigenvalue weighted by Crippen LogP contribution is 1.90.